The zero-order chi connectivity index (χ0) is 15.7. The number of primary sulfonamides is 1. The third-order valence-corrected chi connectivity index (χ3v) is 6.02. The van der Waals surface area contributed by atoms with Crippen molar-refractivity contribution in [3.8, 4) is 0 Å². The van der Waals surface area contributed by atoms with Crippen molar-refractivity contribution in [2.45, 2.75) is 29.1 Å². The molecule has 1 saturated carbocycles. The van der Waals surface area contributed by atoms with E-state index in [4.69, 9.17) is 15.6 Å². The number of hydrogen-bond acceptors (Lipinski definition) is 6. The number of ether oxygens (including phenoxy) is 1. The first-order valence-corrected chi connectivity index (χ1v) is 8.91. The van der Waals surface area contributed by atoms with Crippen LogP contribution in [0.4, 0.5) is 5.69 Å². The number of methoxy groups -OCH3 is 1. The molecule has 2 rings (SSSR count). The highest BCUT2D eigenvalue weighted by Gasteiger charge is 2.44. The molecule has 4 N–H and O–H groups in total. The first kappa shape index (κ1) is 16.1. The maximum atomic E-state index is 11.6. The SMILES string of the molecule is COC(=O)CC1(CSc2ccc(N)cc2S(N)(=O)=O)CC1. The number of anilines is 1. The van der Waals surface area contributed by atoms with Crippen molar-refractivity contribution in [3.63, 3.8) is 0 Å². The second-order valence-corrected chi connectivity index (χ2v) is 7.84. The number of nitrogen functional groups attached to an aromatic ring is 1. The summed E-state index contributed by atoms with van der Waals surface area (Å²) >= 11 is 1.38. The Morgan fingerprint density at radius 1 is 1.43 bits per heavy atom. The molecule has 0 aromatic heterocycles. The van der Waals surface area contributed by atoms with Crippen LogP contribution in [-0.4, -0.2) is 27.2 Å². The molecule has 0 spiro atoms. The lowest BCUT2D eigenvalue weighted by Gasteiger charge is -2.14. The van der Waals surface area contributed by atoms with Crippen LogP contribution in [0, 0.1) is 5.41 Å². The summed E-state index contributed by atoms with van der Waals surface area (Å²) in [4.78, 5) is 12.0. The molecule has 8 heteroatoms. The molecule has 1 aliphatic rings. The van der Waals surface area contributed by atoms with Crippen molar-refractivity contribution in [3.05, 3.63) is 18.2 Å². The Morgan fingerprint density at radius 3 is 2.62 bits per heavy atom. The number of nitrogens with two attached hydrogens (primary N) is 2. The van der Waals surface area contributed by atoms with Crippen molar-refractivity contribution < 1.29 is 17.9 Å². The minimum absolute atomic E-state index is 0.0290. The molecular weight excluding hydrogens is 312 g/mol. The standard InChI is InChI=1S/C13H18N2O4S2/c1-19-12(16)7-13(4-5-13)8-20-10-3-2-9(14)6-11(10)21(15,17)18/h2-3,6H,4-5,7-8,14H2,1H3,(H2,15,17,18). The number of hydrogen-bond donors (Lipinski definition) is 2. The van der Waals surface area contributed by atoms with E-state index < -0.39 is 10.0 Å². The summed E-state index contributed by atoms with van der Waals surface area (Å²) in [5.41, 5.74) is 5.87. The van der Waals surface area contributed by atoms with Gasteiger partial charge in [-0.25, -0.2) is 13.6 Å². The first-order valence-electron chi connectivity index (χ1n) is 6.38. The van der Waals surface area contributed by atoms with Crippen molar-refractivity contribution in [1.82, 2.24) is 0 Å². The lowest BCUT2D eigenvalue weighted by atomic mass is 10.1. The quantitative estimate of drug-likeness (QED) is 0.462. The van der Waals surface area contributed by atoms with Crippen molar-refractivity contribution in [2.24, 2.45) is 10.6 Å². The Labute approximate surface area is 128 Å². The number of rotatable bonds is 6. The van der Waals surface area contributed by atoms with E-state index in [9.17, 15) is 13.2 Å². The number of thioether (sulfide) groups is 1. The number of carbonyl (C=O) groups is 1. The Bertz CT molecular complexity index is 654. The minimum Gasteiger partial charge on any atom is -0.469 e. The van der Waals surface area contributed by atoms with Crippen LogP contribution in [-0.2, 0) is 19.6 Å². The van der Waals surface area contributed by atoms with Gasteiger partial charge in [0.2, 0.25) is 10.0 Å². The summed E-state index contributed by atoms with van der Waals surface area (Å²) in [7, 11) is -2.46. The molecule has 0 bridgehead atoms. The van der Waals surface area contributed by atoms with Gasteiger partial charge in [-0.2, -0.15) is 0 Å². The van der Waals surface area contributed by atoms with Gasteiger partial charge in [-0.1, -0.05) is 0 Å². The first-order chi connectivity index (χ1) is 9.76. The van der Waals surface area contributed by atoms with Crippen LogP contribution < -0.4 is 10.9 Å². The molecule has 1 aromatic rings. The van der Waals surface area contributed by atoms with Crippen LogP contribution in [0.25, 0.3) is 0 Å². The average molecular weight is 330 g/mol. The van der Waals surface area contributed by atoms with Crippen LogP contribution in [0.15, 0.2) is 28.0 Å². The Kier molecular flexibility index (Phi) is 4.50. The maximum Gasteiger partial charge on any atom is 0.306 e. The van der Waals surface area contributed by atoms with Gasteiger partial charge in [-0.3, -0.25) is 4.79 Å². The molecular formula is C13H18N2O4S2. The molecule has 0 heterocycles. The van der Waals surface area contributed by atoms with E-state index in [0.29, 0.717) is 22.8 Å². The highest BCUT2D eigenvalue weighted by Crippen LogP contribution is 2.52. The predicted molar refractivity (Wildman–Crippen MR) is 81.3 cm³/mol. The number of carbonyl (C=O) groups excluding carboxylic acids is 1. The van der Waals surface area contributed by atoms with Gasteiger partial charge in [0.25, 0.3) is 0 Å². The van der Waals surface area contributed by atoms with Crippen molar-refractivity contribution in [1.29, 1.82) is 0 Å². The van der Waals surface area contributed by atoms with E-state index in [-0.39, 0.29) is 16.3 Å². The van der Waals surface area contributed by atoms with E-state index >= 15 is 0 Å². The molecule has 1 fully saturated rings. The average Bonchev–Trinajstić information content (AvgIpc) is 3.16. The molecule has 0 atom stereocenters. The highest BCUT2D eigenvalue weighted by molar-refractivity contribution is 8.00. The van der Waals surface area contributed by atoms with E-state index in [1.807, 2.05) is 0 Å². The largest absolute Gasteiger partial charge is 0.469 e. The van der Waals surface area contributed by atoms with Gasteiger partial charge in [-0.15, -0.1) is 11.8 Å². The maximum absolute atomic E-state index is 11.6. The third kappa shape index (κ3) is 4.12. The molecule has 1 aromatic carbocycles. The van der Waals surface area contributed by atoms with Gasteiger partial charge in [-0.05, 0) is 36.5 Å². The fraction of sp³-hybridized carbons (Fsp3) is 0.462. The van der Waals surface area contributed by atoms with E-state index in [1.165, 1.54) is 24.9 Å². The van der Waals surface area contributed by atoms with Crippen molar-refractivity contribution in [2.75, 3.05) is 18.6 Å². The van der Waals surface area contributed by atoms with Crippen LogP contribution in [0.2, 0.25) is 0 Å². The van der Waals surface area contributed by atoms with Gasteiger partial charge < -0.3 is 10.5 Å². The van der Waals surface area contributed by atoms with Crippen LogP contribution >= 0.6 is 11.8 Å². The Balaban J connectivity index is 2.13. The fourth-order valence-electron chi connectivity index (χ4n) is 2.02. The summed E-state index contributed by atoms with van der Waals surface area (Å²) in [6.45, 7) is 0. The van der Waals surface area contributed by atoms with E-state index in [1.54, 1.807) is 12.1 Å². The summed E-state index contributed by atoms with van der Waals surface area (Å²) in [5.74, 6) is 0.409. The summed E-state index contributed by atoms with van der Waals surface area (Å²) in [6, 6.07) is 4.64. The zero-order valence-electron chi connectivity index (χ0n) is 11.7. The molecule has 6 nitrogen and oxygen atoms in total. The smallest absolute Gasteiger partial charge is 0.306 e. The lowest BCUT2D eigenvalue weighted by molar-refractivity contribution is -0.141. The summed E-state index contributed by atoms with van der Waals surface area (Å²) < 4.78 is 27.9. The summed E-state index contributed by atoms with van der Waals surface area (Å²) in [5, 5.41) is 5.21. The monoisotopic (exact) mass is 330 g/mol. The second-order valence-electron chi connectivity index (χ2n) is 5.29. The minimum atomic E-state index is -3.82. The molecule has 0 amide bonds. The van der Waals surface area contributed by atoms with Crippen molar-refractivity contribution >= 4 is 33.4 Å². The Morgan fingerprint density at radius 2 is 2.10 bits per heavy atom. The van der Waals surface area contributed by atoms with Gasteiger partial charge in [0, 0.05) is 16.3 Å². The molecule has 1 aliphatic carbocycles. The molecule has 0 saturated heterocycles. The highest BCUT2D eigenvalue weighted by atomic mass is 32.2. The number of sulfonamides is 1. The lowest BCUT2D eigenvalue weighted by Crippen LogP contribution is -2.15. The molecule has 0 aliphatic heterocycles. The molecule has 0 radical (unpaired) electrons. The number of esters is 1. The fourth-order valence-corrected chi connectivity index (χ4v) is 4.42. The number of benzene rings is 1. The van der Waals surface area contributed by atoms with Gasteiger partial charge in [0.1, 0.15) is 0 Å². The van der Waals surface area contributed by atoms with E-state index in [2.05, 4.69) is 0 Å². The predicted octanol–water partition coefficient (Wildman–Crippen LogP) is 1.35. The third-order valence-electron chi connectivity index (χ3n) is 3.51. The summed E-state index contributed by atoms with van der Waals surface area (Å²) in [6.07, 6.45) is 2.24. The van der Waals surface area contributed by atoms with Gasteiger partial charge in [0.05, 0.1) is 18.4 Å². The zero-order valence-corrected chi connectivity index (χ0v) is 13.3. The van der Waals surface area contributed by atoms with Crippen LogP contribution in [0.1, 0.15) is 19.3 Å². The van der Waals surface area contributed by atoms with Gasteiger partial charge in [0.15, 0.2) is 0 Å². The Hall–Kier alpha value is -1.25. The van der Waals surface area contributed by atoms with E-state index in [0.717, 1.165) is 12.8 Å². The molecule has 21 heavy (non-hydrogen) atoms. The van der Waals surface area contributed by atoms with Crippen LogP contribution in [0.3, 0.4) is 0 Å². The van der Waals surface area contributed by atoms with Gasteiger partial charge >= 0.3 is 5.97 Å². The van der Waals surface area contributed by atoms with Crippen LogP contribution in [0.5, 0.6) is 0 Å². The second kappa shape index (κ2) is 5.86. The normalized spacial score (nSPS) is 16.5. The molecule has 0 unspecified atom stereocenters. The topological polar surface area (TPSA) is 112 Å². The molecule has 116 valence electrons.